The second kappa shape index (κ2) is 10.0. The molecule has 2 aromatic rings. The van der Waals surface area contributed by atoms with Gasteiger partial charge in [-0.3, -0.25) is 4.99 Å². The van der Waals surface area contributed by atoms with Crippen molar-refractivity contribution in [1.29, 1.82) is 0 Å². The van der Waals surface area contributed by atoms with Gasteiger partial charge in [0.15, 0.2) is 5.96 Å². The molecule has 6 heteroatoms. The molecule has 0 saturated heterocycles. The number of aromatic nitrogens is 1. The third kappa shape index (κ3) is 6.23. The normalized spacial score (nSPS) is 12.6. The Morgan fingerprint density at radius 3 is 2.65 bits per heavy atom. The molecule has 0 radical (unpaired) electrons. The molecule has 0 amide bonds. The van der Waals surface area contributed by atoms with Crippen LogP contribution in [0.1, 0.15) is 37.0 Å². The molecule has 26 heavy (non-hydrogen) atoms. The van der Waals surface area contributed by atoms with E-state index in [9.17, 15) is 0 Å². The predicted molar refractivity (Wildman–Crippen MR) is 108 cm³/mol. The van der Waals surface area contributed by atoms with Crippen LogP contribution in [0.4, 0.5) is 0 Å². The minimum absolute atomic E-state index is 0.186. The van der Waals surface area contributed by atoms with Gasteiger partial charge in [0.2, 0.25) is 0 Å². The second-order valence-corrected chi connectivity index (χ2v) is 6.60. The number of aryl methyl sites for hydroxylation is 1. The summed E-state index contributed by atoms with van der Waals surface area (Å²) in [5.74, 6) is 1.64. The second-order valence-electron chi connectivity index (χ2n) is 6.22. The maximum Gasteiger partial charge on any atom is 0.191 e. The molecule has 1 unspecified atom stereocenters. The van der Waals surface area contributed by atoms with Crippen LogP contribution in [0.3, 0.4) is 0 Å². The van der Waals surface area contributed by atoms with E-state index in [4.69, 9.17) is 16.3 Å². The number of aliphatic imine (C=N–C) groups is 1. The molecular weight excluding hydrogens is 348 g/mol. The Morgan fingerprint density at radius 2 is 2.00 bits per heavy atom. The summed E-state index contributed by atoms with van der Waals surface area (Å²) in [6.07, 6.45) is 2.91. The zero-order valence-corrected chi connectivity index (χ0v) is 16.6. The molecule has 140 valence electrons. The number of benzene rings is 1. The van der Waals surface area contributed by atoms with Crippen molar-refractivity contribution in [3.63, 3.8) is 0 Å². The van der Waals surface area contributed by atoms with E-state index in [1.165, 1.54) is 5.56 Å². The maximum absolute atomic E-state index is 6.06. The van der Waals surface area contributed by atoms with Crippen LogP contribution in [0.15, 0.2) is 41.5 Å². The van der Waals surface area contributed by atoms with Crippen molar-refractivity contribution >= 4 is 17.6 Å². The Morgan fingerprint density at radius 1 is 1.23 bits per heavy atom. The third-order valence-corrected chi connectivity index (χ3v) is 4.27. The highest BCUT2D eigenvalue weighted by Gasteiger charge is 2.09. The SMILES string of the molecule is CCC(C)Oc1cc(C)ccc1CNC(=NC)NCc1ccc(Cl)nc1. The van der Waals surface area contributed by atoms with Crippen LogP contribution in [-0.2, 0) is 13.1 Å². The molecule has 0 fully saturated rings. The first-order valence-electron chi connectivity index (χ1n) is 8.83. The summed E-state index contributed by atoms with van der Waals surface area (Å²) in [6.45, 7) is 7.52. The van der Waals surface area contributed by atoms with E-state index in [1.807, 2.05) is 6.07 Å². The lowest BCUT2D eigenvalue weighted by Gasteiger charge is -2.18. The molecule has 1 heterocycles. The van der Waals surface area contributed by atoms with Crippen LogP contribution >= 0.6 is 11.6 Å². The number of halogens is 1. The molecule has 1 aromatic heterocycles. The minimum Gasteiger partial charge on any atom is -0.490 e. The monoisotopic (exact) mass is 374 g/mol. The van der Waals surface area contributed by atoms with Gasteiger partial charge in [-0.1, -0.05) is 36.7 Å². The van der Waals surface area contributed by atoms with E-state index in [0.717, 1.165) is 29.3 Å². The average molecular weight is 375 g/mol. The van der Waals surface area contributed by atoms with Gasteiger partial charge in [-0.25, -0.2) is 4.98 Å². The van der Waals surface area contributed by atoms with Gasteiger partial charge in [-0.2, -0.15) is 0 Å². The van der Waals surface area contributed by atoms with Crippen LogP contribution in [0.2, 0.25) is 5.15 Å². The topological polar surface area (TPSA) is 58.5 Å². The fourth-order valence-corrected chi connectivity index (χ4v) is 2.43. The summed E-state index contributed by atoms with van der Waals surface area (Å²) in [5.41, 5.74) is 3.32. The predicted octanol–water partition coefficient (Wildman–Crippen LogP) is 4.09. The average Bonchev–Trinajstić information content (AvgIpc) is 2.64. The Kier molecular flexibility index (Phi) is 7.73. The van der Waals surface area contributed by atoms with Crippen molar-refractivity contribution in [2.45, 2.75) is 46.4 Å². The number of hydrogen-bond donors (Lipinski definition) is 2. The quantitative estimate of drug-likeness (QED) is 0.435. The Labute approximate surface area is 160 Å². The van der Waals surface area contributed by atoms with Gasteiger partial charge < -0.3 is 15.4 Å². The van der Waals surface area contributed by atoms with Gasteiger partial charge >= 0.3 is 0 Å². The summed E-state index contributed by atoms with van der Waals surface area (Å²) < 4.78 is 6.06. The lowest BCUT2D eigenvalue weighted by atomic mass is 10.1. The Balaban J connectivity index is 1.96. The lowest BCUT2D eigenvalue weighted by Crippen LogP contribution is -2.36. The Hall–Kier alpha value is -2.27. The number of ether oxygens (including phenoxy) is 1. The van der Waals surface area contributed by atoms with Crippen molar-refractivity contribution in [3.8, 4) is 5.75 Å². The Bertz CT molecular complexity index is 731. The molecule has 1 aromatic carbocycles. The van der Waals surface area contributed by atoms with Crippen molar-refractivity contribution in [3.05, 3.63) is 58.4 Å². The van der Waals surface area contributed by atoms with Gasteiger partial charge in [-0.05, 0) is 43.5 Å². The van der Waals surface area contributed by atoms with Crippen molar-refractivity contribution < 1.29 is 4.74 Å². The minimum atomic E-state index is 0.186. The summed E-state index contributed by atoms with van der Waals surface area (Å²) in [6, 6.07) is 9.98. The van der Waals surface area contributed by atoms with Crippen LogP contribution in [0, 0.1) is 6.92 Å². The zero-order chi connectivity index (χ0) is 18.9. The van der Waals surface area contributed by atoms with Gasteiger partial charge in [0.05, 0.1) is 6.10 Å². The van der Waals surface area contributed by atoms with Crippen molar-refractivity contribution in [2.24, 2.45) is 4.99 Å². The molecule has 0 bridgehead atoms. The summed E-state index contributed by atoms with van der Waals surface area (Å²) in [7, 11) is 1.75. The zero-order valence-electron chi connectivity index (χ0n) is 15.8. The van der Waals surface area contributed by atoms with E-state index < -0.39 is 0 Å². The lowest BCUT2D eigenvalue weighted by molar-refractivity contribution is 0.215. The van der Waals surface area contributed by atoms with E-state index in [0.29, 0.717) is 18.2 Å². The van der Waals surface area contributed by atoms with Crippen LogP contribution in [-0.4, -0.2) is 24.1 Å². The number of guanidine groups is 1. The molecule has 0 aliphatic rings. The highest BCUT2D eigenvalue weighted by molar-refractivity contribution is 6.29. The molecule has 0 aliphatic carbocycles. The number of rotatable bonds is 7. The van der Waals surface area contributed by atoms with Crippen molar-refractivity contribution in [2.75, 3.05) is 7.05 Å². The van der Waals surface area contributed by atoms with Gasteiger partial charge in [0.1, 0.15) is 10.9 Å². The van der Waals surface area contributed by atoms with Crippen molar-refractivity contribution in [1.82, 2.24) is 15.6 Å². The number of nitrogens with one attached hydrogen (secondary N) is 2. The maximum atomic E-state index is 6.06. The van der Waals surface area contributed by atoms with Gasteiger partial charge in [0, 0.05) is 31.9 Å². The number of nitrogens with zero attached hydrogens (tertiary/aromatic N) is 2. The number of hydrogen-bond acceptors (Lipinski definition) is 3. The molecule has 0 saturated carbocycles. The highest BCUT2D eigenvalue weighted by atomic mass is 35.5. The van der Waals surface area contributed by atoms with Crippen LogP contribution in [0.25, 0.3) is 0 Å². The van der Waals surface area contributed by atoms with Gasteiger partial charge in [0.25, 0.3) is 0 Å². The first-order valence-corrected chi connectivity index (χ1v) is 9.20. The molecule has 2 rings (SSSR count). The summed E-state index contributed by atoms with van der Waals surface area (Å²) in [4.78, 5) is 8.35. The third-order valence-electron chi connectivity index (χ3n) is 4.04. The standard InChI is InChI=1S/C20H27ClN4O/c1-5-15(3)26-18-10-14(2)6-8-17(18)13-25-20(22-4)24-12-16-7-9-19(21)23-11-16/h6-11,15H,5,12-13H2,1-4H3,(H2,22,24,25). The molecule has 0 aliphatic heterocycles. The largest absolute Gasteiger partial charge is 0.490 e. The molecule has 5 nitrogen and oxygen atoms in total. The molecular formula is C20H27ClN4O. The highest BCUT2D eigenvalue weighted by Crippen LogP contribution is 2.22. The first-order chi connectivity index (χ1) is 12.5. The van der Waals surface area contributed by atoms with E-state index >= 15 is 0 Å². The van der Waals surface area contributed by atoms with Crippen LogP contribution in [0.5, 0.6) is 5.75 Å². The summed E-state index contributed by atoms with van der Waals surface area (Å²) in [5, 5.41) is 7.09. The smallest absolute Gasteiger partial charge is 0.191 e. The van der Waals surface area contributed by atoms with Gasteiger partial charge in [-0.15, -0.1) is 0 Å². The summed E-state index contributed by atoms with van der Waals surface area (Å²) >= 11 is 5.81. The molecule has 2 N–H and O–H groups in total. The van der Waals surface area contributed by atoms with E-state index in [2.05, 4.69) is 59.6 Å². The fraction of sp³-hybridized carbons (Fsp3) is 0.400. The van der Waals surface area contributed by atoms with E-state index in [-0.39, 0.29) is 6.10 Å². The molecule has 0 spiro atoms. The van der Waals surface area contributed by atoms with Crippen LogP contribution < -0.4 is 15.4 Å². The fourth-order valence-electron chi connectivity index (χ4n) is 2.31. The molecule has 1 atom stereocenters. The number of pyridine rings is 1. The van der Waals surface area contributed by atoms with E-state index in [1.54, 1.807) is 19.3 Å². The first kappa shape index (κ1) is 20.0.